The van der Waals surface area contributed by atoms with Crippen molar-refractivity contribution in [2.45, 2.75) is 4.90 Å². The van der Waals surface area contributed by atoms with Crippen LogP contribution in [0.5, 0.6) is 0 Å². The van der Waals surface area contributed by atoms with E-state index in [4.69, 9.17) is 0 Å². The molecule has 0 amide bonds. The summed E-state index contributed by atoms with van der Waals surface area (Å²) in [6, 6.07) is 2.56. The van der Waals surface area contributed by atoms with Gasteiger partial charge in [0.2, 0.25) is 0 Å². The van der Waals surface area contributed by atoms with Crippen LogP contribution in [0.25, 0.3) is 11.0 Å². The number of nitrogens with one attached hydrogen (secondary N) is 1. The summed E-state index contributed by atoms with van der Waals surface area (Å²) in [4.78, 5) is 1.43. The molecule has 0 aliphatic heterocycles. The number of rotatable bonds is 5. The second-order valence-electron chi connectivity index (χ2n) is 4.21. The van der Waals surface area contributed by atoms with Crippen molar-refractivity contribution in [2.24, 2.45) is 0 Å². The van der Waals surface area contributed by atoms with E-state index in [2.05, 4.69) is 12.7 Å². The van der Waals surface area contributed by atoms with E-state index >= 15 is 0 Å². The Morgan fingerprint density at radius 3 is 2.79 bits per heavy atom. The van der Waals surface area contributed by atoms with Crippen molar-refractivity contribution < 1.29 is 12.8 Å². The van der Waals surface area contributed by atoms with Gasteiger partial charge in [-0.05, 0) is 0 Å². The van der Waals surface area contributed by atoms with Crippen molar-refractivity contribution in [3.05, 3.63) is 17.9 Å². The van der Waals surface area contributed by atoms with Gasteiger partial charge in [0.05, 0.1) is 0 Å². The van der Waals surface area contributed by atoms with Gasteiger partial charge in [0.15, 0.2) is 0 Å². The number of benzene rings is 1. The van der Waals surface area contributed by atoms with Crippen LogP contribution in [0.3, 0.4) is 0 Å². The zero-order valence-corrected chi connectivity index (χ0v) is 13.0. The van der Waals surface area contributed by atoms with Crippen LogP contribution in [0.2, 0.25) is 0 Å². The van der Waals surface area contributed by atoms with E-state index in [9.17, 15) is 12.8 Å². The summed E-state index contributed by atoms with van der Waals surface area (Å²) in [5, 5.41) is 0. The van der Waals surface area contributed by atoms with Crippen LogP contribution < -0.4 is 4.72 Å². The summed E-state index contributed by atoms with van der Waals surface area (Å²) >= 11 is -0.399. The van der Waals surface area contributed by atoms with Gasteiger partial charge in [-0.3, -0.25) is 0 Å². The van der Waals surface area contributed by atoms with Crippen molar-refractivity contribution in [3.8, 4) is 0 Å². The van der Waals surface area contributed by atoms with E-state index in [0.717, 1.165) is 6.07 Å². The summed E-state index contributed by atoms with van der Waals surface area (Å²) in [6.45, 7) is 0.738. The van der Waals surface area contributed by atoms with Gasteiger partial charge in [0, 0.05) is 0 Å². The van der Waals surface area contributed by atoms with E-state index in [0.29, 0.717) is 12.1 Å². The minimum atomic E-state index is -3.91. The van der Waals surface area contributed by atoms with E-state index < -0.39 is 35.7 Å². The van der Waals surface area contributed by atoms with Gasteiger partial charge in [-0.25, -0.2) is 0 Å². The number of halogens is 1. The van der Waals surface area contributed by atoms with E-state index in [1.54, 1.807) is 0 Å². The van der Waals surface area contributed by atoms with E-state index in [1.165, 1.54) is 6.07 Å². The molecule has 1 aromatic heterocycles. The Kier molecular flexibility index (Phi) is 4.32. The molecule has 1 aromatic carbocycles. The zero-order chi connectivity index (χ0) is 14.0. The summed E-state index contributed by atoms with van der Waals surface area (Å²) in [6.07, 6.45) is 0. The molecule has 2 aromatic rings. The fourth-order valence-electron chi connectivity index (χ4n) is 1.53. The molecule has 0 saturated carbocycles. The van der Waals surface area contributed by atoms with Crippen LogP contribution in [0.4, 0.5) is 4.39 Å². The molecule has 19 heavy (non-hydrogen) atoms. The number of hydrogen-bond acceptors (Lipinski definition) is 5. The van der Waals surface area contributed by atoms with E-state index in [-0.39, 0.29) is 12.1 Å². The fourth-order valence-corrected chi connectivity index (χ4v) is 4.04. The third-order valence-corrected chi connectivity index (χ3v) is 5.10. The van der Waals surface area contributed by atoms with Gasteiger partial charge < -0.3 is 0 Å². The van der Waals surface area contributed by atoms with Gasteiger partial charge in [0.1, 0.15) is 0 Å². The quantitative estimate of drug-likeness (QED) is 0.747. The zero-order valence-electron chi connectivity index (χ0n) is 10.4. The first kappa shape index (κ1) is 14.5. The predicted octanol–water partition coefficient (Wildman–Crippen LogP) is -0.334. The standard InChI is InChI=1S/C10H13FN4O2SSe/c1-15(2)6-5-12-18(16,17)10-7(11)3-4-8-9(10)14-19-13-8/h3-4,12H,5-6H2,1-2H3. The van der Waals surface area contributed by atoms with Gasteiger partial charge >= 0.3 is 116 Å². The van der Waals surface area contributed by atoms with Crippen LogP contribution in [0.1, 0.15) is 0 Å². The molecular formula is C10H13FN4O2SSe. The molecule has 0 aliphatic rings. The molecule has 0 spiro atoms. The Balaban J connectivity index is 2.37. The monoisotopic (exact) mass is 352 g/mol. The average Bonchev–Trinajstić information content (AvgIpc) is 2.75. The van der Waals surface area contributed by atoms with Gasteiger partial charge in [0.25, 0.3) is 0 Å². The van der Waals surface area contributed by atoms with Gasteiger partial charge in [-0.1, -0.05) is 0 Å². The number of hydrogen-bond donors (Lipinski definition) is 1. The molecule has 0 radical (unpaired) electrons. The first-order valence-electron chi connectivity index (χ1n) is 5.47. The Morgan fingerprint density at radius 2 is 2.11 bits per heavy atom. The number of likely N-dealkylation sites (N-methyl/N-ethyl adjacent to an activating group) is 1. The molecular weight excluding hydrogens is 338 g/mol. The maximum absolute atomic E-state index is 13.8. The molecule has 0 unspecified atom stereocenters. The molecule has 6 nitrogen and oxygen atoms in total. The third kappa shape index (κ3) is 3.18. The molecule has 0 fully saturated rings. The normalized spacial score (nSPS) is 12.4. The average molecular weight is 351 g/mol. The summed E-state index contributed by atoms with van der Waals surface area (Å²) in [7, 11) is -0.257. The molecule has 1 heterocycles. The molecule has 0 atom stereocenters. The van der Waals surface area contributed by atoms with Crippen molar-refractivity contribution in [3.63, 3.8) is 0 Å². The molecule has 1 N–H and O–H groups in total. The van der Waals surface area contributed by atoms with Gasteiger partial charge in [-0.15, -0.1) is 0 Å². The first-order chi connectivity index (χ1) is 8.92. The maximum atomic E-state index is 13.8. The van der Waals surface area contributed by atoms with Gasteiger partial charge in [-0.2, -0.15) is 0 Å². The Bertz CT molecular complexity index is 686. The number of sulfonamides is 1. The molecule has 0 aliphatic carbocycles. The summed E-state index contributed by atoms with van der Waals surface area (Å²) in [5.74, 6) is -0.798. The topological polar surface area (TPSA) is 75.2 Å². The Labute approximate surface area is 116 Å². The second kappa shape index (κ2) is 5.64. The number of aromatic nitrogens is 2. The third-order valence-electron chi connectivity index (χ3n) is 2.45. The van der Waals surface area contributed by atoms with Crippen molar-refractivity contribution >= 4 is 36.0 Å². The molecule has 104 valence electrons. The van der Waals surface area contributed by atoms with Crippen molar-refractivity contribution in [1.82, 2.24) is 17.6 Å². The summed E-state index contributed by atoms with van der Waals surface area (Å²) < 4.78 is 48.5. The summed E-state index contributed by atoms with van der Waals surface area (Å²) in [5.41, 5.74) is 0.576. The molecule has 9 heteroatoms. The molecule has 0 saturated heterocycles. The van der Waals surface area contributed by atoms with Crippen LogP contribution >= 0.6 is 0 Å². The number of nitrogens with zero attached hydrogens (tertiary/aromatic N) is 3. The number of fused-ring (bicyclic) bond motifs is 1. The molecule has 2 rings (SSSR count). The SMILES string of the molecule is CN(C)CCNS(=O)(=O)c1c(F)ccc2n[se]nc12. The van der Waals surface area contributed by atoms with Crippen LogP contribution in [0, 0.1) is 5.82 Å². The Hall–Kier alpha value is -0.861. The minimum absolute atomic E-state index is 0.136. The Morgan fingerprint density at radius 1 is 1.37 bits per heavy atom. The van der Waals surface area contributed by atoms with Crippen LogP contribution in [0.15, 0.2) is 17.0 Å². The first-order valence-corrected chi connectivity index (χ1v) is 8.48. The second-order valence-corrected chi connectivity index (χ2v) is 7.02. The molecule has 0 bridgehead atoms. The van der Waals surface area contributed by atoms with E-state index in [1.807, 2.05) is 19.0 Å². The van der Waals surface area contributed by atoms with Crippen molar-refractivity contribution in [1.29, 1.82) is 0 Å². The predicted molar refractivity (Wildman–Crippen MR) is 70.2 cm³/mol. The fraction of sp³-hybridized carbons (Fsp3) is 0.400. The van der Waals surface area contributed by atoms with Crippen LogP contribution in [-0.4, -0.2) is 63.4 Å². The van der Waals surface area contributed by atoms with Crippen molar-refractivity contribution in [2.75, 3.05) is 27.2 Å². The van der Waals surface area contributed by atoms with Crippen LogP contribution in [-0.2, 0) is 10.0 Å².